The van der Waals surface area contributed by atoms with Gasteiger partial charge in [-0.05, 0) is 34.6 Å². The summed E-state index contributed by atoms with van der Waals surface area (Å²) in [7, 11) is 1.15. The average Bonchev–Trinajstić information content (AvgIpc) is 3.06. The molecule has 15 heteroatoms. The summed E-state index contributed by atoms with van der Waals surface area (Å²) in [4.78, 5) is 86.1. The first kappa shape index (κ1) is 45.0. The standard InChI is InChI=1S/C35H48O15/c1-22(2)29(38)46-17-34(18-47-30(39)23(3)4,16-45-28(37)13-12-27(36)43-11)14-44-15-35(19-48-31(40)24(5)6,20-49-32(41)25(7)8)21-50-33(42)26(9)10/h1,3,5,7,9,12-21H2,2,4,6,8,10-11H3. The first-order valence-electron chi connectivity index (χ1n) is 15.1. The van der Waals surface area contributed by atoms with Gasteiger partial charge in [-0.25, -0.2) is 24.0 Å². The van der Waals surface area contributed by atoms with Crippen molar-refractivity contribution in [3.8, 4) is 0 Å². The molecule has 0 aliphatic carbocycles. The molecule has 0 rings (SSSR count). The minimum absolute atomic E-state index is 0.0332. The van der Waals surface area contributed by atoms with Crippen molar-refractivity contribution >= 4 is 41.8 Å². The topological polar surface area (TPSA) is 193 Å². The summed E-state index contributed by atoms with van der Waals surface area (Å²) in [6.45, 7) is 20.5. The van der Waals surface area contributed by atoms with Crippen LogP contribution < -0.4 is 0 Å². The third kappa shape index (κ3) is 17.4. The second-order valence-electron chi connectivity index (χ2n) is 12.0. The van der Waals surface area contributed by atoms with Crippen LogP contribution in [-0.2, 0) is 71.5 Å². The van der Waals surface area contributed by atoms with Crippen LogP contribution in [0.25, 0.3) is 0 Å². The highest BCUT2D eigenvalue weighted by Crippen LogP contribution is 2.27. The summed E-state index contributed by atoms with van der Waals surface area (Å²) in [5.74, 6) is -5.56. The second-order valence-corrected chi connectivity index (χ2v) is 12.0. The number of rotatable bonds is 24. The molecular weight excluding hydrogens is 660 g/mol. The normalized spacial score (nSPS) is 10.8. The van der Waals surface area contributed by atoms with Crippen molar-refractivity contribution in [3.63, 3.8) is 0 Å². The zero-order valence-corrected chi connectivity index (χ0v) is 29.7. The van der Waals surface area contributed by atoms with Gasteiger partial charge >= 0.3 is 41.8 Å². The molecule has 0 aromatic heterocycles. The Morgan fingerprint density at radius 2 is 0.640 bits per heavy atom. The third-order valence-electron chi connectivity index (χ3n) is 6.41. The van der Waals surface area contributed by atoms with Gasteiger partial charge in [0.2, 0.25) is 0 Å². The van der Waals surface area contributed by atoms with Crippen molar-refractivity contribution in [3.05, 3.63) is 60.8 Å². The molecule has 0 radical (unpaired) electrons. The zero-order valence-electron chi connectivity index (χ0n) is 29.7. The molecule has 0 aromatic carbocycles. The second kappa shape index (κ2) is 21.8. The van der Waals surface area contributed by atoms with E-state index < -0.39 is 105 Å². The van der Waals surface area contributed by atoms with Gasteiger partial charge in [0.1, 0.15) is 39.6 Å². The molecule has 0 saturated heterocycles. The predicted octanol–water partition coefficient (Wildman–Crippen LogP) is 3.07. The summed E-state index contributed by atoms with van der Waals surface area (Å²) in [5.41, 5.74) is -2.96. The fourth-order valence-corrected chi connectivity index (χ4v) is 3.31. The van der Waals surface area contributed by atoms with Crippen molar-refractivity contribution in [1.82, 2.24) is 0 Å². The van der Waals surface area contributed by atoms with Gasteiger partial charge < -0.3 is 37.9 Å². The van der Waals surface area contributed by atoms with Crippen LogP contribution in [-0.4, -0.2) is 102 Å². The minimum Gasteiger partial charge on any atom is -0.469 e. The maximum absolute atomic E-state index is 12.6. The van der Waals surface area contributed by atoms with Gasteiger partial charge in [-0.15, -0.1) is 0 Å². The van der Waals surface area contributed by atoms with E-state index in [-0.39, 0.29) is 40.7 Å². The SMILES string of the molecule is C=C(C)C(=O)OCC(COCC(COC(=O)C(=C)C)(COC(=O)C(=C)C)COC(=O)C(=C)C)(COC(=O)CCC(=O)OC)COC(=O)C(=C)C. The van der Waals surface area contributed by atoms with Crippen molar-refractivity contribution in [2.24, 2.45) is 10.8 Å². The number of methoxy groups -OCH3 is 1. The summed E-state index contributed by atoms with van der Waals surface area (Å²) in [5, 5.41) is 0. The number of carbonyl (C=O) groups excluding carboxylic acids is 7. The van der Waals surface area contributed by atoms with E-state index >= 15 is 0 Å². The lowest BCUT2D eigenvalue weighted by molar-refractivity contribution is -0.172. The molecule has 0 N–H and O–H groups in total. The number of hydrogen-bond acceptors (Lipinski definition) is 15. The molecule has 0 spiro atoms. The molecule has 0 unspecified atom stereocenters. The Morgan fingerprint density at radius 1 is 0.400 bits per heavy atom. The van der Waals surface area contributed by atoms with E-state index in [1.165, 1.54) is 34.6 Å². The Bertz CT molecular complexity index is 1250. The molecule has 0 atom stereocenters. The lowest BCUT2D eigenvalue weighted by Crippen LogP contribution is -2.47. The van der Waals surface area contributed by atoms with Gasteiger partial charge in [-0.2, -0.15) is 0 Å². The Kier molecular flexibility index (Phi) is 19.6. The van der Waals surface area contributed by atoms with Gasteiger partial charge in [0, 0.05) is 27.9 Å². The summed E-state index contributed by atoms with van der Waals surface area (Å²) < 4.78 is 42.8. The Hall–Kier alpha value is -5.05. The van der Waals surface area contributed by atoms with E-state index in [4.69, 9.17) is 33.2 Å². The molecule has 0 saturated carbocycles. The van der Waals surface area contributed by atoms with Crippen molar-refractivity contribution in [1.29, 1.82) is 0 Å². The van der Waals surface area contributed by atoms with E-state index in [9.17, 15) is 33.6 Å². The van der Waals surface area contributed by atoms with E-state index in [0.29, 0.717) is 0 Å². The van der Waals surface area contributed by atoms with Crippen LogP contribution in [0.5, 0.6) is 0 Å². The molecule has 0 aliphatic heterocycles. The monoisotopic (exact) mass is 708 g/mol. The van der Waals surface area contributed by atoms with Crippen LogP contribution in [0.1, 0.15) is 47.5 Å². The van der Waals surface area contributed by atoms with Crippen LogP contribution >= 0.6 is 0 Å². The Morgan fingerprint density at radius 3 is 0.880 bits per heavy atom. The van der Waals surface area contributed by atoms with Gasteiger partial charge in [0.25, 0.3) is 0 Å². The molecule has 0 fully saturated rings. The predicted molar refractivity (Wildman–Crippen MR) is 177 cm³/mol. The Balaban J connectivity index is 6.75. The smallest absolute Gasteiger partial charge is 0.333 e. The van der Waals surface area contributed by atoms with Crippen molar-refractivity contribution in [2.75, 3.05) is 60.0 Å². The number of hydrogen-bond donors (Lipinski definition) is 0. The van der Waals surface area contributed by atoms with Crippen molar-refractivity contribution < 1.29 is 71.5 Å². The lowest BCUT2D eigenvalue weighted by Gasteiger charge is -2.35. The van der Waals surface area contributed by atoms with Crippen LogP contribution in [0.15, 0.2) is 60.8 Å². The summed E-state index contributed by atoms with van der Waals surface area (Å²) in [6.07, 6.45) is -0.647. The van der Waals surface area contributed by atoms with E-state index in [1.54, 1.807) is 0 Å². The summed E-state index contributed by atoms with van der Waals surface area (Å²) in [6, 6.07) is 0. The van der Waals surface area contributed by atoms with Crippen LogP contribution in [0.2, 0.25) is 0 Å². The number of carbonyl (C=O) groups is 7. The lowest BCUT2D eigenvalue weighted by atomic mass is 9.90. The van der Waals surface area contributed by atoms with E-state index in [0.717, 1.165) is 7.11 Å². The minimum atomic E-state index is -1.60. The zero-order chi connectivity index (χ0) is 38.7. The average molecular weight is 709 g/mol. The molecule has 0 amide bonds. The van der Waals surface area contributed by atoms with Gasteiger partial charge in [-0.1, -0.05) is 32.9 Å². The Labute approximate surface area is 292 Å². The fourth-order valence-electron chi connectivity index (χ4n) is 3.31. The van der Waals surface area contributed by atoms with Crippen LogP contribution in [0, 0.1) is 10.8 Å². The molecule has 0 aromatic rings. The van der Waals surface area contributed by atoms with Gasteiger partial charge in [0.05, 0.1) is 44.0 Å². The van der Waals surface area contributed by atoms with Gasteiger partial charge in [0.15, 0.2) is 0 Å². The first-order valence-corrected chi connectivity index (χ1v) is 15.1. The highest BCUT2D eigenvalue weighted by molar-refractivity contribution is 5.88. The maximum Gasteiger partial charge on any atom is 0.333 e. The molecule has 278 valence electrons. The largest absolute Gasteiger partial charge is 0.469 e. The third-order valence-corrected chi connectivity index (χ3v) is 6.41. The fraction of sp³-hybridized carbons (Fsp3) is 0.514. The van der Waals surface area contributed by atoms with Crippen molar-refractivity contribution in [2.45, 2.75) is 47.5 Å². The molecular formula is C35H48O15. The highest BCUT2D eigenvalue weighted by atomic mass is 16.6. The van der Waals surface area contributed by atoms with Crippen LogP contribution in [0.3, 0.4) is 0 Å². The first-order chi connectivity index (χ1) is 23.2. The molecule has 0 aliphatic rings. The quantitative estimate of drug-likeness (QED) is 0.0806. The molecule has 15 nitrogen and oxygen atoms in total. The van der Waals surface area contributed by atoms with Crippen LogP contribution in [0.4, 0.5) is 0 Å². The molecule has 0 bridgehead atoms. The number of ether oxygens (including phenoxy) is 8. The molecule has 0 heterocycles. The number of esters is 7. The highest BCUT2D eigenvalue weighted by Gasteiger charge is 2.41. The molecule has 50 heavy (non-hydrogen) atoms. The van der Waals surface area contributed by atoms with Gasteiger partial charge in [-0.3, -0.25) is 9.59 Å². The summed E-state index contributed by atoms with van der Waals surface area (Å²) >= 11 is 0. The van der Waals surface area contributed by atoms with E-state index in [2.05, 4.69) is 37.6 Å². The maximum atomic E-state index is 12.6. The van der Waals surface area contributed by atoms with E-state index in [1.807, 2.05) is 0 Å².